The fraction of sp³-hybridized carbons (Fsp3) is 0.375. The van der Waals surface area contributed by atoms with E-state index in [2.05, 4.69) is 25.4 Å². The second-order valence-electron chi connectivity index (χ2n) is 8.90. The Hall–Kier alpha value is -4.38. The van der Waals surface area contributed by atoms with Crippen molar-refractivity contribution in [3.8, 4) is 0 Å². The lowest BCUT2D eigenvalue weighted by Crippen LogP contribution is -2.70. The fourth-order valence-corrected chi connectivity index (χ4v) is 5.73. The molecular weight excluding hydrogens is 578 g/mol. The first-order chi connectivity index (χ1) is 19.6. The number of nitrogens with zero attached hydrogens (tertiary/aromatic N) is 5. The predicted octanol–water partition coefficient (Wildman–Crippen LogP) is 2.14. The number of fused-ring (bicyclic) bond motifs is 1. The number of nitrogens with two attached hydrogens (primary N) is 1. The van der Waals surface area contributed by atoms with E-state index in [9.17, 15) is 24.1 Å². The molecule has 2 aliphatic rings. The van der Waals surface area contributed by atoms with Crippen LogP contribution in [0.2, 0.25) is 0 Å². The molecule has 2 aliphatic heterocycles. The Kier molecular flexibility index (Phi) is 9.28. The quantitative estimate of drug-likeness (QED) is 0.173. The monoisotopic (exact) mass is 603 g/mol. The molecule has 216 valence electrons. The van der Waals surface area contributed by atoms with E-state index in [1.165, 1.54) is 35.3 Å². The van der Waals surface area contributed by atoms with E-state index in [-0.39, 0.29) is 22.3 Å². The van der Waals surface area contributed by atoms with Crippen LogP contribution in [0.3, 0.4) is 0 Å². The van der Waals surface area contributed by atoms with Crippen molar-refractivity contribution < 1.29 is 33.4 Å². The van der Waals surface area contributed by atoms with Crippen LogP contribution in [0.1, 0.15) is 38.1 Å². The first-order valence-corrected chi connectivity index (χ1v) is 14.0. The first kappa shape index (κ1) is 29.6. The molecule has 0 saturated carbocycles. The summed E-state index contributed by atoms with van der Waals surface area (Å²) in [6, 6.07) is -2.56. The summed E-state index contributed by atoms with van der Waals surface area (Å²) in [5.41, 5.74) is 6.63. The second kappa shape index (κ2) is 12.9. The van der Waals surface area contributed by atoms with Crippen LogP contribution in [0.5, 0.6) is 0 Å². The number of aromatic nitrogens is 3. The average molecular weight is 604 g/mol. The Morgan fingerprint density at radius 1 is 1.17 bits per heavy atom. The molecule has 1 saturated heterocycles. The number of rotatable bonds is 10. The van der Waals surface area contributed by atoms with Gasteiger partial charge in [0.2, 0.25) is 12.3 Å². The molecular formula is C24H25N7O8S2. The molecule has 2 unspecified atom stereocenters. The van der Waals surface area contributed by atoms with Gasteiger partial charge in [0.1, 0.15) is 23.4 Å². The summed E-state index contributed by atoms with van der Waals surface area (Å²) in [6.07, 6.45) is 4.96. The number of nitroso groups, excluding NO2 is 1. The zero-order valence-electron chi connectivity index (χ0n) is 22.0. The molecule has 1 fully saturated rings. The number of hydrogen-bond acceptors (Lipinski definition) is 15. The van der Waals surface area contributed by atoms with Crippen molar-refractivity contribution >= 4 is 58.2 Å². The molecule has 17 heteroatoms. The Morgan fingerprint density at radius 2 is 1.90 bits per heavy atom. The maximum atomic E-state index is 13.3. The lowest BCUT2D eigenvalue weighted by molar-refractivity contribution is -0.169. The molecule has 0 aliphatic carbocycles. The van der Waals surface area contributed by atoms with Gasteiger partial charge in [0.25, 0.3) is 11.8 Å². The third kappa shape index (κ3) is 6.86. The molecule has 0 aromatic carbocycles. The van der Waals surface area contributed by atoms with E-state index in [4.69, 9.17) is 19.9 Å². The van der Waals surface area contributed by atoms with Crippen LogP contribution in [0.15, 0.2) is 46.6 Å². The van der Waals surface area contributed by atoms with E-state index in [0.717, 1.165) is 11.3 Å². The molecule has 2 aromatic rings. The molecule has 0 spiro atoms. The maximum Gasteiger partial charge on any atom is 0.511 e. The second-order valence-corrected chi connectivity index (χ2v) is 10.9. The Labute approximate surface area is 241 Å². The number of nitrogens with one attached hydrogen (secondary N) is 1. The number of ether oxygens (including phenoxy) is 3. The summed E-state index contributed by atoms with van der Waals surface area (Å²) in [6.45, 7) is 4.58. The molecule has 4 rings (SSSR count). The number of anilines is 1. The molecule has 3 N–H and O–H groups in total. The zero-order chi connectivity index (χ0) is 29.7. The van der Waals surface area contributed by atoms with E-state index in [0.29, 0.717) is 11.1 Å². The van der Waals surface area contributed by atoms with Crippen LogP contribution in [0.4, 0.5) is 9.93 Å². The largest absolute Gasteiger partial charge is 0.511 e. The Balaban J connectivity index is 1.54. The van der Waals surface area contributed by atoms with Gasteiger partial charge in [-0.3, -0.25) is 14.5 Å². The SMILES string of the molecule is CC(C)OC(=O)OC(C)OC(=O)C1=C(C=Cc2cncnc2)CS[C@H]2[C@H](NC(=O)C(N=O)c3csc(N)n3)C(=O)N12. The molecule has 0 bridgehead atoms. The minimum atomic E-state index is -1.51. The summed E-state index contributed by atoms with van der Waals surface area (Å²) in [7, 11) is 0. The van der Waals surface area contributed by atoms with E-state index >= 15 is 0 Å². The normalized spacial score (nSPS) is 19.7. The Morgan fingerprint density at radius 3 is 2.54 bits per heavy atom. The highest BCUT2D eigenvalue weighted by atomic mass is 32.2. The van der Waals surface area contributed by atoms with Gasteiger partial charge in [-0.05, 0) is 24.6 Å². The number of thioether (sulfide) groups is 1. The van der Waals surface area contributed by atoms with Crippen LogP contribution in [-0.2, 0) is 28.6 Å². The van der Waals surface area contributed by atoms with Gasteiger partial charge in [-0.15, -0.1) is 28.0 Å². The summed E-state index contributed by atoms with van der Waals surface area (Å²) in [4.78, 5) is 75.6. The summed E-state index contributed by atoms with van der Waals surface area (Å²) < 4.78 is 15.2. The van der Waals surface area contributed by atoms with Crippen molar-refractivity contribution in [1.29, 1.82) is 0 Å². The lowest BCUT2D eigenvalue weighted by atomic mass is 10.0. The maximum absolute atomic E-state index is 13.3. The highest BCUT2D eigenvalue weighted by Gasteiger charge is 2.55. The Bertz CT molecular complexity index is 1400. The third-order valence-electron chi connectivity index (χ3n) is 5.59. The highest BCUT2D eigenvalue weighted by Crippen LogP contribution is 2.41. The first-order valence-electron chi connectivity index (χ1n) is 12.1. The summed E-state index contributed by atoms with van der Waals surface area (Å²) >= 11 is 2.32. The molecule has 2 amide bonds. The number of hydrogen-bond donors (Lipinski definition) is 2. The number of carbonyl (C=O) groups is 4. The van der Waals surface area contributed by atoms with E-state index < -0.39 is 53.8 Å². The van der Waals surface area contributed by atoms with Gasteiger partial charge in [-0.25, -0.2) is 24.5 Å². The van der Waals surface area contributed by atoms with Gasteiger partial charge in [0.05, 0.1) is 11.8 Å². The molecule has 4 atom stereocenters. The van der Waals surface area contributed by atoms with Crippen molar-refractivity contribution in [3.05, 3.63) is 57.6 Å². The van der Waals surface area contributed by atoms with Gasteiger partial charge in [-0.2, -0.15) is 0 Å². The molecule has 41 heavy (non-hydrogen) atoms. The van der Waals surface area contributed by atoms with Gasteiger partial charge in [-0.1, -0.05) is 12.2 Å². The van der Waals surface area contributed by atoms with Crippen molar-refractivity contribution in [2.45, 2.75) is 50.6 Å². The van der Waals surface area contributed by atoms with Gasteiger partial charge in [0, 0.05) is 36.0 Å². The number of esters is 1. The molecule has 4 heterocycles. The van der Waals surface area contributed by atoms with Crippen molar-refractivity contribution in [2.75, 3.05) is 11.5 Å². The van der Waals surface area contributed by atoms with Crippen molar-refractivity contribution in [1.82, 2.24) is 25.2 Å². The number of allylic oxidation sites excluding steroid dienone is 1. The number of nitrogen functional groups attached to an aromatic ring is 1. The summed E-state index contributed by atoms with van der Waals surface area (Å²) in [5.74, 6) is -2.14. The third-order valence-corrected chi connectivity index (χ3v) is 7.58. The number of β-lactam (4-membered cyclic amide) rings is 1. The van der Waals surface area contributed by atoms with Crippen LogP contribution >= 0.6 is 23.1 Å². The van der Waals surface area contributed by atoms with Gasteiger partial charge < -0.3 is 25.3 Å². The van der Waals surface area contributed by atoms with Crippen molar-refractivity contribution in [2.24, 2.45) is 5.18 Å². The topological polar surface area (TPSA) is 205 Å². The van der Waals surface area contributed by atoms with E-state index in [1.807, 2.05) is 0 Å². The minimum Gasteiger partial charge on any atom is -0.431 e. The highest BCUT2D eigenvalue weighted by molar-refractivity contribution is 8.00. The molecule has 2 aromatic heterocycles. The summed E-state index contributed by atoms with van der Waals surface area (Å²) in [5, 5.41) is 6.25. The van der Waals surface area contributed by atoms with Gasteiger partial charge >= 0.3 is 12.1 Å². The number of thiazole rings is 1. The number of amides is 2. The van der Waals surface area contributed by atoms with Crippen molar-refractivity contribution in [3.63, 3.8) is 0 Å². The smallest absolute Gasteiger partial charge is 0.431 e. The van der Waals surface area contributed by atoms with Crippen LogP contribution in [-0.4, -0.2) is 73.4 Å². The standard InChI is InChI=1S/C24H25N7O8S2/c1-11(2)37-24(35)39-12(3)38-22(34)18-14(5-4-13-6-26-10-27-7-13)8-40-21-17(20(33)31(18)21)29-19(32)16(30-36)15-9-41-23(25)28-15/h4-7,9-12,16-17,21H,8H2,1-3H3,(H2,25,28)(H,29,32)/t12?,16?,17-,21+/m1/s1. The minimum absolute atomic E-state index is 0.0615. The zero-order valence-corrected chi connectivity index (χ0v) is 23.6. The van der Waals surface area contributed by atoms with Gasteiger partial charge in [0.15, 0.2) is 5.13 Å². The predicted molar refractivity (Wildman–Crippen MR) is 146 cm³/mol. The van der Waals surface area contributed by atoms with Crippen LogP contribution < -0.4 is 11.1 Å². The molecule has 0 radical (unpaired) electrons. The molecule has 15 nitrogen and oxygen atoms in total. The van der Waals surface area contributed by atoms with Crippen LogP contribution in [0, 0.1) is 4.91 Å². The fourth-order valence-electron chi connectivity index (χ4n) is 3.83. The van der Waals surface area contributed by atoms with E-state index in [1.54, 1.807) is 38.4 Å². The van der Waals surface area contributed by atoms with Crippen LogP contribution in [0.25, 0.3) is 6.08 Å². The lowest BCUT2D eigenvalue weighted by Gasteiger charge is -2.49. The number of carbonyl (C=O) groups excluding carboxylic acids is 4. The average Bonchev–Trinajstić information content (AvgIpc) is 3.35.